The van der Waals surface area contributed by atoms with Crippen molar-refractivity contribution >= 4 is 0 Å². The second-order valence-corrected chi connectivity index (χ2v) is 9.29. The molecule has 2 saturated carbocycles. The minimum atomic E-state index is 0.505. The summed E-state index contributed by atoms with van der Waals surface area (Å²) in [4.78, 5) is 13.7. The van der Waals surface area contributed by atoms with Crippen molar-refractivity contribution in [3.05, 3.63) is 47.2 Å². The Morgan fingerprint density at radius 2 is 1.89 bits per heavy atom. The first-order valence-electron chi connectivity index (χ1n) is 10.9. The molecule has 2 fully saturated rings. The van der Waals surface area contributed by atoms with E-state index in [1.54, 1.807) is 0 Å². The highest BCUT2D eigenvalue weighted by Gasteiger charge is 2.40. The van der Waals surface area contributed by atoms with Crippen molar-refractivity contribution in [2.45, 2.75) is 78.1 Å². The van der Waals surface area contributed by atoms with Crippen LogP contribution >= 0.6 is 0 Å². The zero-order chi connectivity index (χ0) is 19.7. The number of aryl methyl sites for hydroxylation is 2. The van der Waals surface area contributed by atoms with Gasteiger partial charge in [-0.15, -0.1) is 0 Å². The third-order valence-electron chi connectivity index (χ3n) is 7.06. The summed E-state index contributed by atoms with van der Waals surface area (Å²) < 4.78 is 6.27. The van der Waals surface area contributed by atoms with Crippen LogP contribution in [0.3, 0.4) is 0 Å². The van der Waals surface area contributed by atoms with E-state index < -0.39 is 0 Å². The molecule has 0 N–H and O–H groups in total. The van der Waals surface area contributed by atoms with Crippen LogP contribution in [0, 0.1) is 25.2 Å². The molecule has 2 aromatic rings. The number of hydrogen-bond acceptors (Lipinski definition) is 4. The number of ether oxygens (including phenoxy) is 1. The molecular formula is C24H33N3O. The highest BCUT2D eigenvalue weighted by molar-refractivity contribution is 5.29. The summed E-state index contributed by atoms with van der Waals surface area (Å²) in [5.41, 5.74) is 4.13. The van der Waals surface area contributed by atoms with Gasteiger partial charge in [0.15, 0.2) is 0 Å². The van der Waals surface area contributed by atoms with Crippen LogP contribution in [-0.2, 0) is 0 Å². The van der Waals surface area contributed by atoms with Gasteiger partial charge in [0.2, 0.25) is 5.88 Å². The SMILES string of the molecule is CCC1(C)CCC(c2cnc(C)nc2OC[C@H]2C[C@@H]2c2ccc(C)cn2)CC1. The van der Waals surface area contributed by atoms with E-state index in [4.69, 9.17) is 4.74 Å². The Morgan fingerprint density at radius 1 is 1.11 bits per heavy atom. The lowest BCUT2D eigenvalue weighted by molar-refractivity contribution is 0.188. The molecule has 2 atom stereocenters. The lowest BCUT2D eigenvalue weighted by Gasteiger charge is -2.37. The standard InChI is InChI=1S/C24H33N3O/c1-5-24(4)10-8-18(9-11-24)21-14-25-17(3)27-23(21)28-15-19-12-20(19)22-7-6-16(2)13-26-22/h6-7,13-14,18-20H,5,8-12,15H2,1-4H3/t18?,19-,20+,24?/m1/s1. The predicted octanol–water partition coefficient (Wildman–Crippen LogP) is 5.74. The highest BCUT2D eigenvalue weighted by atomic mass is 16.5. The Labute approximate surface area is 169 Å². The topological polar surface area (TPSA) is 47.9 Å². The van der Waals surface area contributed by atoms with E-state index in [0.29, 0.717) is 23.2 Å². The fourth-order valence-electron chi connectivity index (χ4n) is 4.51. The molecule has 4 nitrogen and oxygen atoms in total. The average molecular weight is 380 g/mol. The van der Waals surface area contributed by atoms with Crippen LogP contribution in [0.2, 0.25) is 0 Å². The van der Waals surface area contributed by atoms with Gasteiger partial charge in [0, 0.05) is 35.5 Å². The Hall–Kier alpha value is -1.97. The number of pyridine rings is 1. The molecule has 0 saturated heterocycles. The quantitative estimate of drug-likeness (QED) is 0.641. The number of hydrogen-bond donors (Lipinski definition) is 0. The molecule has 0 aromatic carbocycles. The maximum atomic E-state index is 6.27. The van der Waals surface area contributed by atoms with Gasteiger partial charge in [0.25, 0.3) is 0 Å². The molecule has 150 valence electrons. The fraction of sp³-hybridized carbons (Fsp3) is 0.625. The summed E-state index contributed by atoms with van der Waals surface area (Å²) in [6.07, 6.45) is 11.4. The maximum Gasteiger partial charge on any atom is 0.220 e. The van der Waals surface area contributed by atoms with Crippen LogP contribution in [0.5, 0.6) is 5.88 Å². The lowest BCUT2D eigenvalue weighted by atomic mass is 9.69. The van der Waals surface area contributed by atoms with Crippen LogP contribution in [-0.4, -0.2) is 21.6 Å². The summed E-state index contributed by atoms with van der Waals surface area (Å²) in [5.74, 6) is 3.23. The molecule has 0 unspecified atom stereocenters. The largest absolute Gasteiger partial charge is 0.477 e. The lowest BCUT2D eigenvalue weighted by Crippen LogP contribution is -2.23. The molecule has 4 heteroatoms. The summed E-state index contributed by atoms with van der Waals surface area (Å²) in [7, 11) is 0. The monoisotopic (exact) mass is 379 g/mol. The minimum Gasteiger partial charge on any atom is -0.477 e. The number of aromatic nitrogens is 3. The molecule has 2 aromatic heterocycles. The second kappa shape index (κ2) is 7.81. The summed E-state index contributed by atoms with van der Waals surface area (Å²) in [5, 5.41) is 0. The van der Waals surface area contributed by atoms with E-state index in [1.807, 2.05) is 19.3 Å². The van der Waals surface area contributed by atoms with Crippen molar-refractivity contribution in [1.82, 2.24) is 15.0 Å². The van der Waals surface area contributed by atoms with Crippen molar-refractivity contribution in [2.24, 2.45) is 11.3 Å². The molecule has 0 radical (unpaired) electrons. The molecular weight excluding hydrogens is 346 g/mol. The highest BCUT2D eigenvalue weighted by Crippen LogP contribution is 2.48. The molecule has 4 rings (SSSR count). The molecule has 2 aliphatic rings. The summed E-state index contributed by atoms with van der Waals surface area (Å²) in [6.45, 7) is 9.50. The van der Waals surface area contributed by atoms with E-state index in [9.17, 15) is 0 Å². The first kappa shape index (κ1) is 19.4. The van der Waals surface area contributed by atoms with Crippen molar-refractivity contribution < 1.29 is 4.74 Å². The van der Waals surface area contributed by atoms with Crippen LogP contribution in [0.4, 0.5) is 0 Å². The molecule has 28 heavy (non-hydrogen) atoms. The molecule has 0 spiro atoms. The van der Waals surface area contributed by atoms with Crippen molar-refractivity contribution in [3.8, 4) is 5.88 Å². The number of nitrogens with zero attached hydrogens (tertiary/aromatic N) is 3. The molecule has 0 bridgehead atoms. The van der Waals surface area contributed by atoms with Crippen molar-refractivity contribution in [3.63, 3.8) is 0 Å². The average Bonchev–Trinajstić information content (AvgIpc) is 3.48. The van der Waals surface area contributed by atoms with Gasteiger partial charge in [-0.25, -0.2) is 4.98 Å². The molecule has 0 aliphatic heterocycles. The zero-order valence-electron chi connectivity index (χ0n) is 17.7. The smallest absolute Gasteiger partial charge is 0.220 e. The first-order valence-corrected chi connectivity index (χ1v) is 10.9. The van der Waals surface area contributed by atoms with Gasteiger partial charge in [-0.1, -0.05) is 26.3 Å². The Balaban J connectivity index is 1.40. The van der Waals surface area contributed by atoms with E-state index in [0.717, 1.165) is 24.7 Å². The van der Waals surface area contributed by atoms with Crippen LogP contribution in [0.15, 0.2) is 24.5 Å². The minimum absolute atomic E-state index is 0.505. The molecule has 2 aliphatic carbocycles. The van der Waals surface area contributed by atoms with E-state index in [1.165, 1.54) is 48.9 Å². The zero-order valence-corrected chi connectivity index (χ0v) is 17.7. The Bertz CT molecular complexity index is 809. The van der Waals surface area contributed by atoms with Gasteiger partial charge in [-0.2, -0.15) is 4.98 Å². The van der Waals surface area contributed by atoms with Gasteiger partial charge >= 0.3 is 0 Å². The third kappa shape index (κ3) is 4.21. The normalized spacial score (nSPS) is 29.5. The molecule has 0 amide bonds. The second-order valence-electron chi connectivity index (χ2n) is 9.29. The fourth-order valence-corrected chi connectivity index (χ4v) is 4.51. The van der Waals surface area contributed by atoms with E-state index in [2.05, 4.69) is 47.9 Å². The summed E-state index contributed by atoms with van der Waals surface area (Å²) in [6, 6.07) is 4.31. The van der Waals surface area contributed by atoms with Crippen LogP contribution in [0.25, 0.3) is 0 Å². The van der Waals surface area contributed by atoms with Gasteiger partial charge in [-0.05, 0) is 68.9 Å². The van der Waals surface area contributed by atoms with Crippen molar-refractivity contribution in [1.29, 1.82) is 0 Å². The van der Waals surface area contributed by atoms with Crippen LogP contribution in [0.1, 0.15) is 86.9 Å². The van der Waals surface area contributed by atoms with Gasteiger partial charge < -0.3 is 4.74 Å². The number of rotatable bonds is 6. The Morgan fingerprint density at radius 3 is 2.57 bits per heavy atom. The first-order chi connectivity index (χ1) is 13.5. The molecule has 2 heterocycles. The van der Waals surface area contributed by atoms with Crippen LogP contribution < -0.4 is 4.74 Å². The third-order valence-corrected chi connectivity index (χ3v) is 7.06. The van der Waals surface area contributed by atoms with Gasteiger partial charge in [-0.3, -0.25) is 4.98 Å². The summed E-state index contributed by atoms with van der Waals surface area (Å²) >= 11 is 0. The van der Waals surface area contributed by atoms with Gasteiger partial charge in [0.1, 0.15) is 5.82 Å². The van der Waals surface area contributed by atoms with E-state index >= 15 is 0 Å². The van der Waals surface area contributed by atoms with E-state index in [-0.39, 0.29) is 0 Å². The Kier molecular flexibility index (Phi) is 5.39. The van der Waals surface area contributed by atoms with Crippen molar-refractivity contribution in [2.75, 3.05) is 6.61 Å². The maximum absolute atomic E-state index is 6.27. The van der Waals surface area contributed by atoms with Gasteiger partial charge in [0.05, 0.1) is 6.61 Å². The predicted molar refractivity (Wildman–Crippen MR) is 112 cm³/mol.